The predicted octanol–water partition coefficient (Wildman–Crippen LogP) is 0.243. The first-order valence-electron chi connectivity index (χ1n) is 3.41. The third-order valence-corrected chi connectivity index (χ3v) is 0.707. The van der Waals surface area contributed by atoms with Gasteiger partial charge in [-0.05, 0) is 0 Å². The van der Waals surface area contributed by atoms with E-state index < -0.39 is 0 Å². The molecule has 0 aromatic carbocycles. The van der Waals surface area contributed by atoms with Crippen LogP contribution >= 0.6 is 0 Å². The summed E-state index contributed by atoms with van der Waals surface area (Å²) in [5, 5.41) is 0. The summed E-state index contributed by atoms with van der Waals surface area (Å²) in [7, 11) is 0. The van der Waals surface area contributed by atoms with Gasteiger partial charge in [-0.3, -0.25) is 0 Å². The molecule has 0 saturated heterocycles. The van der Waals surface area contributed by atoms with Crippen LogP contribution in [0.5, 0.6) is 0 Å². The van der Waals surface area contributed by atoms with Crippen LogP contribution < -0.4 is 18.9 Å². The number of hydrogen-bond donors (Lipinski definition) is 0. The van der Waals surface area contributed by atoms with E-state index >= 15 is 0 Å². The van der Waals surface area contributed by atoms with Gasteiger partial charge in [-0.2, -0.15) is 12.8 Å². The second-order valence-corrected chi connectivity index (χ2v) is 1.71. The summed E-state index contributed by atoms with van der Waals surface area (Å²) in [5.41, 5.74) is 0. The topological polar surface area (TPSA) is 0 Å². The summed E-state index contributed by atoms with van der Waals surface area (Å²) in [4.78, 5) is 0. The van der Waals surface area contributed by atoms with Gasteiger partial charge in [-0.25, -0.2) is 0 Å². The van der Waals surface area contributed by atoms with E-state index in [9.17, 15) is 0 Å². The Bertz CT molecular complexity index is 17.2. The summed E-state index contributed by atoms with van der Waals surface area (Å²) >= 11 is 0. The zero-order valence-electron chi connectivity index (χ0n) is 7.54. The van der Waals surface area contributed by atoms with Crippen LogP contribution in [0.4, 0.5) is 0 Å². The molecule has 0 aromatic heterocycles. The fourth-order valence-corrected chi connectivity index (χ4v) is 0. The van der Waals surface area contributed by atoms with Crippen LogP contribution in [0.15, 0.2) is 0 Å². The minimum absolute atomic E-state index is 0. The molecule has 0 aliphatic rings. The van der Waals surface area contributed by atoms with Crippen molar-refractivity contribution in [3.63, 3.8) is 0 Å². The first-order valence-corrected chi connectivity index (χ1v) is 3.41. The van der Waals surface area contributed by atoms with E-state index in [1.165, 1.54) is 12.8 Å². The Hall–Kier alpha value is 1.12. The summed E-state index contributed by atoms with van der Waals surface area (Å²) in [6.45, 7) is 11.4. The second-order valence-electron chi connectivity index (χ2n) is 1.71. The van der Waals surface area contributed by atoms with Crippen molar-refractivity contribution in [2.45, 2.75) is 39.5 Å². The molecule has 0 aromatic rings. The third-order valence-electron chi connectivity index (χ3n) is 0.707. The van der Waals surface area contributed by atoms with Crippen LogP contribution in [-0.4, -0.2) is 0 Å². The van der Waals surface area contributed by atoms with Crippen molar-refractivity contribution in [1.82, 2.24) is 0 Å². The van der Waals surface area contributed by atoms with Crippen molar-refractivity contribution in [2.75, 3.05) is 0 Å². The normalized spacial score (nSPS) is 6.00. The van der Waals surface area contributed by atoms with Crippen LogP contribution in [0.2, 0.25) is 0 Å². The van der Waals surface area contributed by atoms with Gasteiger partial charge in [-0.1, -0.05) is 26.7 Å². The van der Waals surface area contributed by atoms with Crippen molar-refractivity contribution >= 4 is 0 Å². The molecule has 1 radical (unpaired) electrons. The molecule has 0 atom stereocenters. The van der Waals surface area contributed by atoms with Crippen LogP contribution in [-0.2, 0) is 17.1 Å². The maximum absolute atomic E-state index is 3.60. The van der Waals surface area contributed by atoms with E-state index in [0.29, 0.717) is 0 Å². The zero-order chi connectivity index (χ0) is 6.83. The monoisotopic (exact) mass is 184 g/mol. The fourth-order valence-electron chi connectivity index (χ4n) is 0. The Labute approximate surface area is 89.2 Å². The quantitative estimate of drug-likeness (QED) is 0.426. The van der Waals surface area contributed by atoms with E-state index in [4.69, 9.17) is 0 Å². The fraction of sp³-hybridized carbons (Fsp3) is 0.750. The molecule has 0 saturated carbocycles. The van der Waals surface area contributed by atoms with Gasteiger partial charge in [0.15, 0.2) is 0 Å². The van der Waals surface area contributed by atoms with Gasteiger partial charge in [0.25, 0.3) is 0 Å². The van der Waals surface area contributed by atoms with E-state index in [1.54, 1.807) is 0 Å². The Morgan fingerprint density at radius 1 is 0.900 bits per heavy atom. The molecule has 2 heteroatoms. The Balaban J connectivity index is -0.0000000300. The standard InChI is InChI=1S/2C4H9.Cu.Li/c2*1-3-4-2;;/h2*1,3-4H2,2H3;;/q2*-1;+2;+1. The summed E-state index contributed by atoms with van der Waals surface area (Å²) in [5.74, 6) is 0. The minimum Gasteiger partial charge on any atom is -0.343 e. The van der Waals surface area contributed by atoms with Crippen LogP contribution in [0.25, 0.3) is 0 Å². The molecule has 0 fully saturated rings. The minimum atomic E-state index is 0. The maximum Gasteiger partial charge on any atom is 2.00 e. The molecular formula is C8H18CuLi+. The Kier molecular flexibility index (Phi) is 72.1. The summed E-state index contributed by atoms with van der Waals surface area (Å²) in [6.07, 6.45) is 4.56. The molecule has 0 nitrogen and oxygen atoms in total. The van der Waals surface area contributed by atoms with E-state index in [0.717, 1.165) is 12.8 Å². The van der Waals surface area contributed by atoms with Crippen molar-refractivity contribution in [3.8, 4) is 0 Å². The smallest absolute Gasteiger partial charge is 0.343 e. The molecule has 0 unspecified atom stereocenters. The largest absolute Gasteiger partial charge is 2.00 e. The van der Waals surface area contributed by atoms with Crippen molar-refractivity contribution in [2.24, 2.45) is 0 Å². The molecule has 10 heavy (non-hydrogen) atoms. The summed E-state index contributed by atoms with van der Waals surface area (Å²) < 4.78 is 0. The number of unbranched alkanes of at least 4 members (excludes halogenated alkanes) is 2. The van der Waals surface area contributed by atoms with Crippen LogP contribution in [0, 0.1) is 13.8 Å². The molecule has 0 amide bonds. The molecular weight excluding hydrogens is 167 g/mol. The van der Waals surface area contributed by atoms with Gasteiger partial charge in [0.2, 0.25) is 0 Å². The van der Waals surface area contributed by atoms with E-state index in [1.807, 2.05) is 0 Å². The molecule has 0 spiro atoms. The molecule has 0 heterocycles. The molecule has 0 rings (SSSR count). The van der Waals surface area contributed by atoms with Gasteiger partial charge >= 0.3 is 35.9 Å². The van der Waals surface area contributed by atoms with E-state index in [2.05, 4.69) is 27.7 Å². The predicted molar refractivity (Wildman–Crippen MR) is 40.5 cm³/mol. The van der Waals surface area contributed by atoms with E-state index in [-0.39, 0.29) is 35.9 Å². The number of hydrogen-bond acceptors (Lipinski definition) is 0. The average Bonchev–Trinajstić information content (AvgIpc) is 1.88. The molecule has 0 aliphatic heterocycles. The Morgan fingerprint density at radius 2 is 1.00 bits per heavy atom. The Morgan fingerprint density at radius 3 is 1.00 bits per heavy atom. The van der Waals surface area contributed by atoms with Crippen LogP contribution in [0.1, 0.15) is 39.5 Å². The molecule has 0 aliphatic carbocycles. The summed E-state index contributed by atoms with van der Waals surface area (Å²) in [6, 6.07) is 0. The van der Waals surface area contributed by atoms with Gasteiger partial charge in [-0.15, -0.1) is 0 Å². The van der Waals surface area contributed by atoms with Gasteiger partial charge in [0.1, 0.15) is 0 Å². The average molecular weight is 185 g/mol. The zero-order valence-corrected chi connectivity index (χ0v) is 8.49. The molecule has 61 valence electrons. The van der Waals surface area contributed by atoms with Gasteiger partial charge in [0, 0.05) is 0 Å². The van der Waals surface area contributed by atoms with Crippen molar-refractivity contribution < 1.29 is 35.9 Å². The first kappa shape index (κ1) is 22.5. The van der Waals surface area contributed by atoms with Crippen molar-refractivity contribution in [1.29, 1.82) is 0 Å². The van der Waals surface area contributed by atoms with Crippen molar-refractivity contribution in [3.05, 3.63) is 13.8 Å². The second kappa shape index (κ2) is 32.1. The SMILES string of the molecule is [CH2-]CCC.[CH2-]CCC.[Cu+2].[Li+]. The first-order chi connectivity index (χ1) is 3.83. The van der Waals surface area contributed by atoms with Gasteiger partial charge in [0.05, 0.1) is 0 Å². The maximum atomic E-state index is 3.60. The van der Waals surface area contributed by atoms with Crippen LogP contribution in [0.3, 0.4) is 0 Å². The third kappa shape index (κ3) is 61.8. The van der Waals surface area contributed by atoms with Gasteiger partial charge < -0.3 is 13.8 Å². The number of rotatable bonds is 2. The molecule has 0 bridgehead atoms. The molecule has 0 N–H and O–H groups in total.